The number of imide groups is 1. The fourth-order valence-corrected chi connectivity index (χ4v) is 4.60. The van der Waals surface area contributed by atoms with Crippen molar-refractivity contribution >= 4 is 69.5 Å². The van der Waals surface area contributed by atoms with E-state index >= 15 is 0 Å². The van der Waals surface area contributed by atoms with E-state index in [1.165, 1.54) is 0 Å². The Hall–Kier alpha value is -3.46. The highest BCUT2D eigenvalue weighted by atomic mass is 35.5. The average Bonchev–Trinajstić information content (AvgIpc) is 3.12. The molecule has 3 aromatic rings. The van der Waals surface area contributed by atoms with Gasteiger partial charge in [0.15, 0.2) is 18.1 Å². The zero-order valence-corrected chi connectivity index (χ0v) is 21.3. The van der Waals surface area contributed by atoms with Crippen molar-refractivity contribution in [1.82, 2.24) is 0 Å². The topological polar surface area (TPSA) is 84.9 Å². The molecule has 1 aliphatic rings. The number of ether oxygens (including phenoxy) is 2. The van der Waals surface area contributed by atoms with Gasteiger partial charge in [-0.1, -0.05) is 41.4 Å². The maximum Gasteiger partial charge on any atom is 0.298 e. The van der Waals surface area contributed by atoms with E-state index in [0.717, 1.165) is 16.7 Å². The fourth-order valence-electron chi connectivity index (χ4n) is 3.36. The molecule has 0 aromatic heterocycles. The smallest absolute Gasteiger partial charge is 0.298 e. The highest BCUT2D eigenvalue weighted by molar-refractivity contribution is 8.19. The summed E-state index contributed by atoms with van der Waals surface area (Å²) in [5.41, 5.74) is 1.60. The lowest BCUT2D eigenvalue weighted by molar-refractivity contribution is -0.118. The first-order valence-electron chi connectivity index (χ1n) is 10.8. The summed E-state index contributed by atoms with van der Waals surface area (Å²) < 4.78 is 11.3. The van der Waals surface area contributed by atoms with Crippen LogP contribution in [0.2, 0.25) is 10.0 Å². The van der Waals surface area contributed by atoms with Gasteiger partial charge in [-0.05, 0) is 78.9 Å². The Morgan fingerprint density at radius 3 is 2.44 bits per heavy atom. The molecule has 1 fully saturated rings. The number of carbonyl (C=O) groups is 3. The normalized spacial score (nSPS) is 14.3. The van der Waals surface area contributed by atoms with Crippen molar-refractivity contribution < 1.29 is 23.9 Å². The van der Waals surface area contributed by atoms with Gasteiger partial charge >= 0.3 is 0 Å². The molecule has 0 atom stereocenters. The van der Waals surface area contributed by atoms with Crippen molar-refractivity contribution in [1.29, 1.82) is 0 Å². The molecular formula is C26H20Cl2N2O5S. The van der Waals surface area contributed by atoms with Crippen LogP contribution < -0.4 is 19.7 Å². The third-order valence-electron chi connectivity index (χ3n) is 4.91. The Kier molecular flexibility index (Phi) is 8.20. The molecule has 3 aromatic carbocycles. The van der Waals surface area contributed by atoms with Crippen molar-refractivity contribution in [3.05, 3.63) is 87.2 Å². The summed E-state index contributed by atoms with van der Waals surface area (Å²) in [7, 11) is 0. The molecule has 1 heterocycles. The van der Waals surface area contributed by atoms with E-state index in [9.17, 15) is 14.4 Å². The maximum absolute atomic E-state index is 12.9. The van der Waals surface area contributed by atoms with E-state index in [0.29, 0.717) is 34.3 Å². The zero-order valence-electron chi connectivity index (χ0n) is 19.0. The van der Waals surface area contributed by atoms with Crippen LogP contribution in [-0.2, 0) is 9.59 Å². The van der Waals surface area contributed by atoms with Gasteiger partial charge in [0.2, 0.25) is 0 Å². The van der Waals surface area contributed by atoms with Gasteiger partial charge in [-0.25, -0.2) is 4.90 Å². The predicted molar refractivity (Wildman–Crippen MR) is 143 cm³/mol. The second kappa shape index (κ2) is 11.5. The number of carbonyl (C=O) groups excluding carboxylic acids is 3. The first-order valence-corrected chi connectivity index (χ1v) is 12.4. The maximum atomic E-state index is 12.9. The number of anilines is 2. The van der Waals surface area contributed by atoms with E-state index in [1.54, 1.807) is 61.5 Å². The minimum absolute atomic E-state index is 0.191. The second-order valence-corrected chi connectivity index (χ2v) is 9.30. The van der Waals surface area contributed by atoms with E-state index in [1.807, 2.05) is 18.2 Å². The summed E-state index contributed by atoms with van der Waals surface area (Å²) in [6.45, 7) is 1.83. The van der Waals surface area contributed by atoms with E-state index in [4.69, 9.17) is 32.7 Å². The van der Waals surface area contributed by atoms with Crippen molar-refractivity contribution in [3.63, 3.8) is 0 Å². The van der Waals surface area contributed by atoms with Crippen LogP contribution in [0.3, 0.4) is 0 Å². The molecule has 0 bridgehead atoms. The van der Waals surface area contributed by atoms with Crippen LogP contribution in [0.25, 0.3) is 6.08 Å². The van der Waals surface area contributed by atoms with Crippen LogP contribution in [0.5, 0.6) is 11.5 Å². The number of thioether (sulfide) groups is 1. The molecular weight excluding hydrogens is 523 g/mol. The van der Waals surface area contributed by atoms with Gasteiger partial charge < -0.3 is 14.8 Å². The highest BCUT2D eigenvalue weighted by Gasteiger charge is 2.36. The van der Waals surface area contributed by atoms with Crippen LogP contribution in [0.1, 0.15) is 12.5 Å². The van der Waals surface area contributed by atoms with Gasteiger partial charge in [0.25, 0.3) is 17.1 Å². The lowest BCUT2D eigenvalue weighted by Crippen LogP contribution is -2.27. The summed E-state index contributed by atoms with van der Waals surface area (Å²) in [6, 6.07) is 18.6. The van der Waals surface area contributed by atoms with Gasteiger partial charge in [-0.15, -0.1) is 0 Å². The zero-order chi connectivity index (χ0) is 25.7. The minimum Gasteiger partial charge on any atom is -0.490 e. The molecule has 1 N–H and O–H groups in total. The Morgan fingerprint density at radius 2 is 1.75 bits per heavy atom. The summed E-state index contributed by atoms with van der Waals surface area (Å²) in [5.74, 6) is -0.312. The van der Waals surface area contributed by atoms with E-state index in [-0.39, 0.29) is 28.2 Å². The van der Waals surface area contributed by atoms with Gasteiger partial charge in [0, 0.05) is 10.7 Å². The summed E-state index contributed by atoms with van der Waals surface area (Å²) in [5, 5.41) is 3.00. The molecule has 184 valence electrons. The molecule has 1 aliphatic heterocycles. The molecule has 1 saturated heterocycles. The van der Waals surface area contributed by atoms with Crippen LogP contribution in [-0.4, -0.2) is 30.3 Å². The number of nitrogens with one attached hydrogen (secondary N) is 1. The Labute approximate surface area is 222 Å². The van der Waals surface area contributed by atoms with Gasteiger partial charge in [-0.3, -0.25) is 14.4 Å². The molecule has 0 radical (unpaired) electrons. The molecule has 0 saturated carbocycles. The van der Waals surface area contributed by atoms with Crippen LogP contribution in [0, 0.1) is 0 Å². The third kappa shape index (κ3) is 6.02. The van der Waals surface area contributed by atoms with E-state index in [2.05, 4.69) is 5.32 Å². The summed E-state index contributed by atoms with van der Waals surface area (Å²) in [6.07, 6.45) is 1.56. The van der Waals surface area contributed by atoms with Crippen molar-refractivity contribution in [3.8, 4) is 11.5 Å². The van der Waals surface area contributed by atoms with Crippen LogP contribution in [0.15, 0.2) is 71.6 Å². The number of amides is 3. The number of hydrogen-bond acceptors (Lipinski definition) is 6. The number of halogens is 2. The Bertz CT molecular complexity index is 1330. The third-order valence-corrected chi connectivity index (χ3v) is 6.32. The molecule has 36 heavy (non-hydrogen) atoms. The second-order valence-electron chi connectivity index (χ2n) is 7.46. The first-order chi connectivity index (χ1) is 17.4. The highest BCUT2D eigenvalue weighted by Crippen LogP contribution is 2.40. The molecule has 3 amide bonds. The number of para-hydroxylation sites is 1. The van der Waals surface area contributed by atoms with Crippen molar-refractivity contribution in [2.24, 2.45) is 0 Å². The van der Waals surface area contributed by atoms with Gasteiger partial charge in [-0.2, -0.15) is 0 Å². The molecule has 10 heteroatoms. The summed E-state index contributed by atoms with van der Waals surface area (Å²) in [4.78, 5) is 39.1. The largest absolute Gasteiger partial charge is 0.490 e. The molecule has 4 rings (SSSR count). The standard InChI is InChI=1S/C26H20Cl2N2O5S/c1-2-34-21-13-16(12-20(28)24(21)35-15-23(31)29-18-6-4-3-5-7-18)14-22-25(32)30(26(33)36-22)19-10-8-17(27)9-11-19/h3-14H,2,15H2,1H3,(H,29,31)/b22-14+. The van der Waals surface area contributed by atoms with Crippen molar-refractivity contribution in [2.45, 2.75) is 6.92 Å². The Morgan fingerprint density at radius 1 is 1.03 bits per heavy atom. The van der Waals surface area contributed by atoms with E-state index < -0.39 is 11.1 Å². The number of benzene rings is 3. The lowest BCUT2D eigenvalue weighted by Gasteiger charge is -2.15. The average molecular weight is 543 g/mol. The first kappa shape index (κ1) is 25.6. The monoisotopic (exact) mass is 542 g/mol. The number of rotatable bonds is 8. The Balaban J connectivity index is 1.53. The van der Waals surface area contributed by atoms with Gasteiger partial charge in [0.1, 0.15) is 0 Å². The van der Waals surface area contributed by atoms with Crippen LogP contribution >= 0.6 is 35.0 Å². The quantitative estimate of drug-likeness (QED) is 0.320. The molecule has 7 nitrogen and oxygen atoms in total. The summed E-state index contributed by atoms with van der Waals surface area (Å²) >= 11 is 13.2. The predicted octanol–water partition coefficient (Wildman–Crippen LogP) is 6.65. The molecule has 0 unspecified atom stereocenters. The van der Waals surface area contributed by atoms with Crippen LogP contribution in [0.4, 0.5) is 16.2 Å². The molecule has 0 aliphatic carbocycles. The SMILES string of the molecule is CCOc1cc(/C=C2/SC(=O)N(c3ccc(Cl)cc3)C2=O)cc(Cl)c1OCC(=O)Nc1ccccc1. The van der Waals surface area contributed by atoms with Crippen molar-refractivity contribution in [2.75, 3.05) is 23.4 Å². The number of hydrogen-bond donors (Lipinski definition) is 1. The lowest BCUT2D eigenvalue weighted by atomic mass is 10.1. The van der Waals surface area contributed by atoms with Gasteiger partial charge in [0.05, 0.1) is 22.2 Å². The molecule has 0 spiro atoms. The number of nitrogens with zero attached hydrogens (tertiary/aromatic N) is 1. The fraction of sp³-hybridized carbons (Fsp3) is 0.115. The minimum atomic E-state index is -0.459.